The van der Waals surface area contributed by atoms with Crippen LogP contribution >= 0.6 is 0 Å². The molecule has 1 aliphatic heterocycles. The Bertz CT molecular complexity index is 377. The summed E-state index contributed by atoms with van der Waals surface area (Å²) in [5, 5.41) is 11.0. The molecule has 86 valence electrons. The minimum Gasteiger partial charge on any atom is -0.481 e. The van der Waals surface area contributed by atoms with E-state index < -0.39 is 34.4 Å². The van der Waals surface area contributed by atoms with Crippen molar-refractivity contribution in [3.05, 3.63) is 0 Å². The molecule has 1 atom stereocenters. The Morgan fingerprint density at radius 3 is 2.73 bits per heavy atom. The van der Waals surface area contributed by atoms with E-state index in [0.29, 0.717) is 0 Å². The van der Waals surface area contributed by atoms with E-state index in [4.69, 9.17) is 5.11 Å². The second-order valence-corrected chi connectivity index (χ2v) is 5.21. The molecule has 0 spiro atoms. The van der Waals surface area contributed by atoms with Crippen molar-refractivity contribution in [3.63, 3.8) is 0 Å². The first-order valence-corrected chi connectivity index (χ1v) is 6.13. The van der Waals surface area contributed by atoms with Gasteiger partial charge in [-0.3, -0.25) is 9.59 Å². The summed E-state index contributed by atoms with van der Waals surface area (Å²) in [4.78, 5) is 21.8. The molecule has 0 radical (unpaired) electrons. The van der Waals surface area contributed by atoms with E-state index in [1.54, 1.807) is 0 Å². The van der Waals surface area contributed by atoms with E-state index >= 15 is 0 Å². The Labute approximate surface area is 87.1 Å². The van der Waals surface area contributed by atoms with E-state index in [1.165, 1.54) is 0 Å². The number of carboxylic acid groups (broad SMARTS) is 1. The van der Waals surface area contributed by atoms with Crippen LogP contribution in [0.2, 0.25) is 0 Å². The molecule has 1 fully saturated rings. The Morgan fingerprint density at radius 2 is 2.27 bits per heavy atom. The van der Waals surface area contributed by atoms with Crippen molar-refractivity contribution >= 4 is 21.9 Å². The third-order valence-electron chi connectivity index (χ3n) is 2.08. The molecule has 1 amide bonds. The van der Waals surface area contributed by atoms with Gasteiger partial charge < -0.3 is 10.4 Å². The predicted molar refractivity (Wildman–Crippen MR) is 50.6 cm³/mol. The van der Waals surface area contributed by atoms with E-state index in [0.717, 1.165) is 10.6 Å². The van der Waals surface area contributed by atoms with Crippen LogP contribution in [-0.2, 0) is 19.6 Å². The summed E-state index contributed by atoms with van der Waals surface area (Å²) >= 11 is 0. The second kappa shape index (κ2) is 4.15. The summed E-state index contributed by atoms with van der Waals surface area (Å²) in [6.07, 6.45) is 0.444. The highest BCUT2D eigenvalue weighted by Crippen LogP contribution is 2.12. The summed E-state index contributed by atoms with van der Waals surface area (Å²) in [6.45, 7) is 0.324. The van der Waals surface area contributed by atoms with Crippen LogP contribution in [0.3, 0.4) is 0 Å². The van der Waals surface area contributed by atoms with Crippen LogP contribution in [0.1, 0.15) is 6.42 Å². The highest BCUT2D eigenvalue weighted by molar-refractivity contribution is 7.88. The van der Waals surface area contributed by atoms with Gasteiger partial charge >= 0.3 is 5.97 Å². The van der Waals surface area contributed by atoms with Crippen LogP contribution < -0.4 is 5.32 Å². The highest BCUT2D eigenvalue weighted by atomic mass is 32.2. The lowest BCUT2D eigenvalue weighted by Crippen LogP contribution is -2.57. The van der Waals surface area contributed by atoms with E-state index in [-0.39, 0.29) is 13.1 Å². The number of carbonyl (C=O) groups is 2. The molecule has 1 aliphatic rings. The lowest BCUT2D eigenvalue weighted by molar-refractivity contribution is -0.141. The van der Waals surface area contributed by atoms with Gasteiger partial charge in [0.2, 0.25) is 15.9 Å². The molecule has 1 unspecified atom stereocenters. The molecule has 0 aromatic rings. The molecule has 0 aromatic carbocycles. The molecule has 1 saturated heterocycles. The molecule has 1 rings (SSSR count). The fourth-order valence-electron chi connectivity index (χ4n) is 1.45. The standard InChI is InChI=1S/C7H12N2O5S/c1-15(13,14)9-3-2-8-7(12)5(9)4-6(10)11/h5H,2-4H2,1H3,(H,8,12)(H,10,11). The zero-order chi connectivity index (χ0) is 11.6. The van der Waals surface area contributed by atoms with Crippen molar-refractivity contribution in [2.45, 2.75) is 12.5 Å². The third-order valence-corrected chi connectivity index (χ3v) is 3.36. The van der Waals surface area contributed by atoms with Crippen molar-refractivity contribution in [2.75, 3.05) is 19.3 Å². The summed E-state index contributed by atoms with van der Waals surface area (Å²) in [5.41, 5.74) is 0. The van der Waals surface area contributed by atoms with Gasteiger partial charge in [-0.05, 0) is 0 Å². The van der Waals surface area contributed by atoms with Crippen LogP contribution in [0.15, 0.2) is 0 Å². The van der Waals surface area contributed by atoms with Crippen molar-refractivity contribution in [2.24, 2.45) is 0 Å². The molecule has 8 heteroatoms. The van der Waals surface area contributed by atoms with Crippen LogP contribution in [0.5, 0.6) is 0 Å². The smallest absolute Gasteiger partial charge is 0.305 e. The number of nitrogens with zero attached hydrogens (tertiary/aromatic N) is 1. The maximum absolute atomic E-state index is 11.3. The minimum absolute atomic E-state index is 0.114. The van der Waals surface area contributed by atoms with Crippen LogP contribution in [0, 0.1) is 0 Å². The second-order valence-electron chi connectivity index (χ2n) is 3.28. The van der Waals surface area contributed by atoms with Gasteiger partial charge in [-0.1, -0.05) is 0 Å². The number of rotatable bonds is 3. The minimum atomic E-state index is -3.54. The molecule has 0 saturated carbocycles. The quantitative estimate of drug-likeness (QED) is 0.603. The molecule has 7 nitrogen and oxygen atoms in total. The first-order valence-electron chi connectivity index (χ1n) is 4.28. The van der Waals surface area contributed by atoms with Crippen LogP contribution in [0.4, 0.5) is 0 Å². The van der Waals surface area contributed by atoms with Gasteiger partial charge in [-0.25, -0.2) is 8.42 Å². The number of aliphatic carboxylic acids is 1. The first kappa shape index (κ1) is 11.9. The molecular weight excluding hydrogens is 224 g/mol. The summed E-state index contributed by atoms with van der Waals surface area (Å²) in [5.74, 6) is -1.76. The van der Waals surface area contributed by atoms with E-state index in [1.807, 2.05) is 0 Å². The average Bonchev–Trinajstić information content (AvgIpc) is 2.05. The van der Waals surface area contributed by atoms with Crippen molar-refractivity contribution in [3.8, 4) is 0 Å². The number of piperazine rings is 1. The predicted octanol–water partition coefficient (Wildman–Crippen LogP) is -1.78. The van der Waals surface area contributed by atoms with Gasteiger partial charge in [0.05, 0.1) is 12.7 Å². The number of nitrogens with one attached hydrogen (secondary N) is 1. The van der Waals surface area contributed by atoms with Crippen molar-refractivity contribution in [1.82, 2.24) is 9.62 Å². The largest absolute Gasteiger partial charge is 0.481 e. The van der Waals surface area contributed by atoms with Crippen molar-refractivity contribution < 1.29 is 23.1 Å². The van der Waals surface area contributed by atoms with Crippen molar-refractivity contribution in [1.29, 1.82) is 0 Å². The van der Waals surface area contributed by atoms with Gasteiger partial charge in [0.15, 0.2) is 0 Å². The fourth-order valence-corrected chi connectivity index (χ4v) is 2.51. The Hall–Kier alpha value is -1.15. The lowest BCUT2D eigenvalue weighted by atomic mass is 10.1. The van der Waals surface area contributed by atoms with Crippen LogP contribution in [0.25, 0.3) is 0 Å². The zero-order valence-electron chi connectivity index (χ0n) is 8.13. The van der Waals surface area contributed by atoms with E-state index in [2.05, 4.69) is 5.32 Å². The maximum atomic E-state index is 11.3. The third kappa shape index (κ3) is 2.90. The molecule has 2 N–H and O–H groups in total. The van der Waals surface area contributed by atoms with Crippen LogP contribution in [-0.4, -0.2) is 55.1 Å². The normalized spacial score (nSPS) is 23.5. The summed E-state index contributed by atoms with van der Waals surface area (Å²) in [7, 11) is -3.54. The SMILES string of the molecule is CS(=O)(=O)N1CCNC(=O)C1CC(=O)O. The number of amides is 1. The summed E-state index contributed by atoms with van der Waals surface area (Å²) in [6, 6.07) is -1.13. The number of sulfonamides is 1. The van der Waals surface area contributed by atoms with Gasteiger partial charge in [0.25, 0.3) is 0 Å². The van der Waals surface area contributed by atoms with Gasteiger partial charge in [0, 0.05) is 13.1 Å². The molecule has 0 bridgehead atoms. The Balaban J connectivity index is 2.92. The van der Waals surface area contributed by atoms with Gasteiger partial charge in [0.1, 0.15) is 6.04 Å². The Morgan fingerprint density at radius 1 is 1.67 bits per heavy atom. The fraction of sp³-hybridized carbons (Fsp3) is 0.714. The number of carbonyl (C=O) groups excluding carboxylic acids is 1. The van der Waals surface area contributed by atoms with Gasteiger partial charge in [-0.2, -0.15) is 4.31 Å². The number of hydrogen-bond donors (Lipinski definition) is 2. The van der Waals surface area contributed by atoms with E-state index in [9.17, 15) is 18.0 Å². The molecule has 1 heterocycles. The molecule has 0 aromatic heterocycles. The average molecular weight is 236 g/mol. The summed E-state index contributed by atoms with van der Waals surface area (Å²) < 4.78 is 23.5. The Kier molecular flexibility index (Phi) is 3.30. The lowest BCUT2D eigenvalue weighted by Gasteiger charge is -2.31. The topological polar surface area (TPSA) is 104 Å². The maximum Gasteiger partial charge on any atom is 0.305 e. The molecule has 15 heavy (non-hydrogen) atoms. The number of hydrogen-bond acceptors (Lipinski definition) is 4. The molecular formula is C7H12N2O5S. The zero-order valence-corrected chi connectivity index (χ0v) is 8.95. The highest BCUT2D eigenvalue weighted by Gasteiger charge is 2.36. The monoisotopic (exact) mass is 236 g/mol. The van der Waals surface area contributed by atoms with Gasteiger partial charge in [-0.15, -0.1) is 0 Å². The first-order chi connectivity index (χ1) is 6.82. The number of carboxylic acids is 1. The molecule has 0 aliphatic carbocycles.